The van der Waals surface area contributed by atoms with Crippen LogP contribution in [0.1, 0.15) is 39.1 Å². The quantitative estimate of drug-likeness (QED) is 0.592. The Morgan fingerprint density at radius 1 is 1.00 bits per heavy atom. The number of aryl methyl sites for hydroxylation is 1. The third-order valence-electron chi connectivity index (χ3n) is 4.77. The summed E-state index contributed by atoms with van der Waals surface area (Å²) < 4.78 is 0. The lowest BCUT2D eigenvalue weighted by molar-refractivity contribution is 0.0951. The van der Waals surface area contributed by atoms with Crippen LogP contribution >= 0.6 is 11.8 Å². The lowest BCUT2D eigenvalue weighted by Gasteiger charge is -2.10. The van der Waals surface area contributed by atoms with Gasteiger partial charge in [-0.1, -0.05) is 23.9 Å². The van der Waals surface area contributed by atoms with Crippen LogP contribution in [0.3, 0.4) is 0 Å². The van der Waals surface area contributed by atoms with Crippen molar-refractivity contribution in [3.8, 4) is 0 Å². The van der Waals surface area contributed by atoms with E-state index in [9.17, 15) is 9.59 Å². The number of hydrogen-bond acceptors (Lipinski definition) is 4. The first-order chi connectivity index (χ1) is 14.2. The first-order valence-corrected chi connectivity index (χ1v) is 10.4. The number of unbranched alkanes of at least 4 members (excludes halogenated alkanes) is 1. The van der Waals surface area contributed by atoms with Crippen LogP contribution in [0.15, 0.2) is 76.8 Å². The molecule has 3 aromatic rings. The van der Waals surface area contributed by atoms with Crippen molar-refractivity contribution in [2.24, 2.45) is 0 Å². The highest BCUT2D eigenvalue weighted by Crippen LogP contribution is 2.38. The Kier molecular flexibility index (Phi) is 5.91. The maximum atomic E-state index is 12.5. The van der Waals surface area contributed by atoms with Gasteiger partial charge in [-0.3, -0.25) is 14.6 Å². The van der Waals surface area contributed by atoms with Crippen molar-refractivity contribution in [1.82, 2.24) is 10.3 Å². The number of carbonyl (C=O) groups excluding carboxylic acids is 2. The Morgan fingerprint density at radius 3 is 2.69 bits per heavy atom. The Balaban J connectivity index is 1.34. The van der Waals surface area contributed by atoms with Crippen molar-refractivity contribution in [3.05, 3.63) is 83.7 Å². The predicted octanol–water partition coefficient (Wildman–Crippen LogP) is 4.55. The molecule has 1 aliphatic rings. The standard InChI is InChI=1S/C23H21N3O2S/c27-22(25-12-4-3-5-16-10-13-24-14-11-16)17-8-9-21-19(15-17)26-23(28)18-6-1-2-7-20(18)29-21/h1-2,6-11,13-15H,3-5,12H2,(H,25,27)(H,26,28). The van der Waals surface area contributed by atoms with Gasteiger partial charge in [-0.15, -0.1) is 0 Å². The Bertz CT molecular complexity index is 1040. The second-order valence-electron chi connectivity index (χ2n) is 6.83. The number of amides is 2. The molecule has 0 unspecified atom stereocenters. The number of carbonyl (C=O) groups is 2. The van der Waals surface area contributed by atoms with Crippen molar-refractivity contribution in [3.63, 3.8) is 0 Å². The number of nitrogens with zero attached hydrogens (tertiary/aromatic N) is 1. The second kappa shape index (κ2) is 8.92. The molecule has 5 nitrogen and oxygen atoms in total. The third kappa shape index (κ3) is 4.66. The van der Waals surface area contributed by atoms with Gasteiger partial charge in [0.1, 0.15) is 0 Å². The lowest BCUT2D eigenvalue weighted by Crippen LogP contribution is -2.24. The number of anilines is 1. The highest BCUT2D eigenvalue weighted by molar-refractivity contribution is 7.99. The van der Waals surface area contributed by atoms with E-state index in [2.05, 4.69) is 15.6 Å². The number of hydrogen-bond donors (Lipinski definition) is 2. The van der Waals surface area contributed by atoms with Gasteiger partial charge in [-0.05, 0) is 67.3 Å². The van der Waals surface area contributed by atoms with E-state index in [1.165, 1.54) is 17.3 Å². The van der Waals surface area contributed by atoms with E-state index in [0.29, 0.717) is 23.4 Å². The van der Waals surface area contributed by atoms with Gasteiger partial charge in [0, 0.05) is 34.3 Å². The molecule has 0 atom stereocenters. The van der Waals surface area contributed by atoms with E-state index in [1.807, 2.05) is 42.5 Å². The number of pyridine rings is 1. The van der Waals surface area contributed by atoms with Gasteiger partial charge < -0.3 is 10.6 Å². The zero-order valence-electron chi connectivity index (χ0n) is 15.9. The molecule has 146 valence electrons. The van der Waals surface area contributed by atoms with E-state index in [4.69, 9.17) is 0 Å². The van der Waals surface area contributed by atoms with Crippen molar-refractivity contribution < 1.29 is 9.59 Å². The summed E-state index contributed by atoms with van der Waals surface area (Å²) in [5, 5.41) is 5.89. The Labute approximate surface area is 173 Å². The lowest BCUT2D eigenvalue weighted by atomic mass is 10.1. The van der Waals surface area contributed by atoms with Gasteiger partial charge in [0.25, 0.3) is 11.8 Å². The van der Waals surface area contributed by atoms with Crippen LogP contribution in [-0.2, 0) is 6.42 Å². The predicted molar refractivity (Wildman–Crippen MR) is 114 cm³/mol. The van der Waals surface area contributed by atoms with Crippen LogP contribution in [0.25, 0.3) is 0 Å². The second-order valence-corrected chi connectivity index (χ2v) is 7.92. The monoisotopic (exact) mass is 403 g/mol. The minimum atomic E-state index is -0.152. The largest absolute Gasteiger partial charge is 0.352 e. The molecule has 2 aromatic carbocycles. The Hall–Kier alpha value is -3.12. The normalized spacial score (nSPS) is 12.3. The molecule has 2 N–H and O–H groups in total. The van der Waals surface area contributed by atoms with Crippen molar-refractivity contribution >= 4 is 29.3 Å². The number of fused-ring (bicyclic) bond motifs is 2. The minimum Gasteiger partial charge on any atom is -0.352 e. The van der Waals surface area contributed by atoms with E-state index < -0.39 is 0 Å². The zero-order chi connectivity index (χ0) is 20.1. The van der Waals surface area contributed by atoms with Crippen LogP contribution < -0.4 is 10.6 Å². The number of benzene rings is 2. The van der Waals surface area contributed by atoms with E-state index in [0.717, 1.165) is 29.1 Å². The molecular formula is C23H21N3O2S. The van der Waals surface area contributed by atoms with Gasteiger partial charge in [0.05, 0.1) is 11.3 Å². The Morgan fingerprint density at radius 2 is 1.83 bits per heavy atom. The molecule has 29 heavy (non-hydrogen) atoms. The van der Waals surface area contributed by atoms with Crippen LogP contribution in [-0.4, -0.2) is 23.3 Å². The molecule has 0 radical (unpaired) electrons. The minimum absolute atomic E-state index is 0.127. The summed E-state index contributed by atoms with van der Waals surface area (Å²) in [5.74, 6) is -0.279. The summed E-state index contributed by atoms with van der Waals surface area (Å²) >= 11 is 1.53. The average Bonchev–Trinajstić information content (AvgIpc) is 2.89. The molecule has 0 fully saturated rings. The molecule has 1 aromatic heterocycles. The highest BCUT2D eigenvalue weighted by Gasteiger charge is 2.20. The van der Waals surface area contributed by atoms with Crippen LogP contribution in [0.5, 0.6) is 0 Å². The summed E-state index contributed by atoms with van der Waals surface area (Å²) in [6, 6.07) is 17.0. The molecule has 2 amide bonds. The molecule has 1 aliphatic heterocycles. The van der Waals surface area contributed by atoms with Gasteiger partial charge >= 0.3 is 0 Å². The van der Waals surface area contributed by atoms with Crippen molar-refractivity contribution in [2.45, 2.75) is 29.1 Å². The van der Waals surface area contributed by atoms with Crippen molar-refractivity contribution in [2.75, 3.05) is 11.9 Å². The molecule has 0 bridgehead atoms. The zero-order valence-corrected chi connectivity index (χ0v) is 16.7. The van der Waals surface area contributed by atoms with Crippen LogP contribution in [0.4, 0.5) is 5.69 Å². The summed E-state index contributed by atoms with van der Waals surface area (Å²) in [5.41, 5.74) is 3.12. The molecule has 2 heterocycles. The smallest absolute Gasteiger partial charge is 0.256 e. The third-order valence-corrected chi connectivity index (χ3v) is 5.92. The fourth-order valence-corrected chi connectivity index (χ4v) is 4.23. The molecule has 4 rings (SSSR count). The maximum Gasteiger partial charge on any atom is 0.256 e. The molecule has 0 spiro atoms. The first kappa shape index (κ1) is 19.2. The highest BCUT2D eigenvalue weighted by atomic mass is 32.2. The number of rotatable bonds is 6. The average molecular weight is 404 g/mol. The molecule has 0 aliphatic carbocycles. The maximum absolute atomic E-state index is 12.5. The molecule has 0 saturated heterocycles. The summed E-state index contributed by atoms with van der Waals surface area (Å²) in [4.78, 5) is 30.8. The van der Waals surface area contributed by atoms with E-state index in [-0.39, 0.29) is 11.8 Å². The first-order valence-electron chi connectivity index (χ1n) is 9.60. The number of nitrogens with one attached hydrogen (secondary N) is 2. The van der Waals surface area contributed by atoms with E-state index in [1.54, 1.807) is 24.5 Å². The van der Waals surface area contributed by atoms with Gasteiger partial charge in [-0.2, -0.15) is 0 Å². The molecule has 0 saturated carbocycles. The van der Waals surface area contributed by atoms with Gasteiger partial charge in [0.15, 0.2) is 0 Å². The molecule has 6 heteroatoms. The van der Waals surface area contributed by atoms with Crippen LogP contribution in [0, 0.1) is 0 Å². The van der Waals surface area contributed by atoms with Crippen molar-refractivity contribution in [1.29, 1.82) is 0 Å². The fourth-order valence-electron chi connectivity index (χ4n) is 3.22. The summed E-state index contributed by atoms with van der Waals surface area (Å²) in [7, 11) is 0. The topological polar surface area (TPSA) is 71.1 Å². The van der Waals surface area contributed by atoms with Gasteiger partial charge in [-0.25, -0.2) is 0 Å². The summed E-state index contributed by atoms with van der Waals surface area (Å²) in [6.07, 6.45) is 6.47. The fraction of sp³-hybridized carbons (Fsp3) is 0.174. The van der Waals surface area contributed by atoms with Gasteiger partial charge in [0.2, 0.25) is 0 Å². The SMILES string of the molecule is O=C(NCCCCc1ccncc1)c1ccc2c(c1)NC(=O)c1ccccc1S2. The van der Waals surface area contributed by atoms with E-state index >= 15 is 0 Å². The van der Waals surface area contributed by atoms with Crippen LogP contribution in [0.2, 0.25) is 0 Å². The number of aromatic nitrogens is 1. The summed E-state index contributed by atoms with van der Waals surface area (Å²) in [6.45, 7) is 0.619. The molecular weight excluding hydrogens is 382 g/mol.